The van der Waals surface area contributed by atoms with Crippen LogP contribution in [-0.4, -0.2) is 35.9 Å². The van der Waals surface area contributed by atoms with Crippen LogP contribution >= 0.6 is 11.6 Å². The van der Waals surface area contributed by atoms with Crippen molar-refractivity contribution in [1.29, 1.82) is 0 Å². The van der Waals surface area contributed by atoms with Gasteiger partial charge >= 0.3 is 5.69 Å². The molecule has 2 rings (SSSR count). The predicted molar refractivity (Wildman–Crippen MR) is 94.0 cm³/mol. The summed E-state index contributed by atoms with van der Waals surface area (Å²) in [6.07, 6.45) is 1.29. The highest BCUT2D eigenvalue weighted by Gasteiger charge is 2.14. The van der Waals surface area contributed by atoms with E-state index >= 15 is 0 Å². The Morgan fingerprint density at radius 2 is 2.12 bits per heavy atom. The van der Waals surface area contributed by atoms with Crippen LogP contribution in [0.2, 0.25) is 5.02 Å². The van der Waals surface area contributed by atoms with Gasteiger partial charge in [-0.3, -0.25) is 14.9 Å². The summed E-state index contributed by atoms with van der Waals surface area (Å²) in [5.74, 6) is -0.680. The minimum absolute atomic E-state index is 0.0216. The Morgan fingerprint density at radius 1 is 1.38 bits per heavy atom. The molecule has 0 saturated heterocycles. The number of hydrogen-bond acceptors (Lipinski definition) is 7. The van der Waals surface area contributed by atoms with Gasteiger partial charge in [0.15, 0.2) is 23.9 Å². The number of para-hydroxylation sites is 2. The maximum absolute atomic E-state index is 11.7. The number of nitrogens with zero attached hydrogens (tertiary/aromatic N) is 2. The number of aromatic hydroxyl groups is 1. The molecule has 2 aromatic carbocycles. The number of halogens is 1. The highest BCUT2D eigenvalue weighted by Crippen LogP contribution is 2.34. The van der Waals surface area contributed by atoms with Crippen LogP contribution in [0.25, 0.3) is 0 Å². The molecule has 2 N–H and O–H groups in total. The van der Waals surface area contributed by atoms with Gasteiger partial charge in [0.05, 0.1) is 23.3 Å². The third-order valence-corrected chi connectivity index (χ3v) is 3.38. The molecule has 10 heteroatoms. The molecule has 9 nitrogen and oxygen atoms in total. The van der Waals surface area contributed by atoms with E-state index < -0.39 is 17.4 Å². The Labute approximate surface area is 153 Å². The molecule has 0 fully saturated rings. The largest absolute Gasteiger partial charge is 0.503 e. The van der Waals surface area contributed by atoms with E-state index in [0.717, 1.165) is 0 Å². The number of nitro benzene ring substituents is 1. The van der Waals surface area contributed by atoms with Gasteiger partial charge in [-0.05, 0) is 23.8 Å². The van der Waals surface area contributed by atoms with Gasteiger partial charge in [0, 0.05) is 6.07 Å². The van der Waals surface area contributed by atoms with Gasteiger partial charge in [-0.25, -0.2) is 5.43 Å². The first kappa shape index (κ1) is 19.0. The smallest absolute Gasteiger partial charge is 0.310 e. The van der Waals surface area contributed by atoms with Gasteiger partial charge in [-0.2, -0.15) is 5.10 Å². The third kappa shape index (κ3) is 4.84. The number of methoxy groups -OCH3 is 1. The molecule has 0 unspecified atom stereocenters. The van der Waals surface area contributed by atoms with Crippen LogP contribution < -0.4 is 14.9 Å². The lowest BCUT2D eigenvalue weighted by Gasteiger charge is -2.06. The minimum Gasteiger partial charge on any atom is -0.503 e. The number of nitro groups is 1. The first-order chi connectivity index (χ1) is 12.4. The maximum Gasteiger partial charge on any atom is 0.310 e. The lowest BCUT2D eigenvalue weighted by Crippen LogP contribution is -2.24. The first-order valence-electron chi connectivity index (χ1n) is 7.17. The van der Waals surface area contributed by atoms with Crippen LogP contribution in [-0.2, 0) is 4.79 Å². The molecule has 26 heavy (non-hydrogen) atoms. The third-order valence-electron chi connectivity index (χ3n) is 3.09. The molecule has 0 aliphatic carbocycles. The van der Waals surface area contributed by atoms with Crippen molar-refractivity contribution in [3.63, 3.8) is 0 Å². The molecule has 2 aromatic rings. The molecule has 0 aromatic heterocycles. The number of ether oxygens (including phenoxy) is 2. The van der Waals surface area contributed by atoms with Crippen molar-refractivity contribution < 1.29 is 24.3 Å². The van der Waals surface area contributed by atoms with Gasteiger partial charge in [-0.1, -0.05) is 23.7 Å². The number of amides is 1. The summed E-state index contributed by atoms with van der Waals surface area (Å²) in [6, 6.07) is 8.61. The van der Waals surface area contributed by atoms with Crippen LogP contribution in [0, 0.1) is 10.1 Å². The van der Waals surface area contributed by atoms with Gasteiger partial charge in [0.2, 0.25) is 0 Å². The Bertz CT molecular complexity index is 856. The van der Waals surface area contributed by atoms with Crippen LogP contribution in [0.1, 0.15) is 5.56 Å². The Hall–Kier alpha value is -3.33. The Kier molecular flexibility index (Phi) is 6.34. The van der Waals surface area contributed by atoms with E-state index in [4.69, 9.17) is 21.1 Å². The number of phenols is 1. The second-order valence-electron chi connectivity index (χ2n) is 4.86. The lowest BCUT2D eigenvalue weighted by molar-refractivity contribution is -0.385. The number of phenolic OH excluding ortho intramolecular Hbond substituents is 1. The zero-order valence-electron chi connectivity index (χ0n) is 13.5. The average Bonchev–Trinajstić information content (AvgIpc) is 2.62. The highest BCUT2D eigenvalue weighted by molar-refractivity contribution is 6.32. The zero-order chi connectivity index (χ0) is 19.1. The highest BCUT2D eigenvalue weighted by atomic mass is 35.5. The molecule has 0 aliphatic heterocycles. The van der Waals surface area contributed by atoms with E-state index in [-0.39, 0.29) is 28.0 Å². The van der Waals surface area contributed by atoms with Crippen LogP contribution in [0.4, 0.5) is 5.69 Å². The predicted octanol–water partition coefficient (Wildman–Crippen LogP) is 2.49. The van der Waals surface area contributed by atoms with E-state index in [1.54, 1.807) is 6.07 Å². The summed E-state index contributed by atoms with van der Waals surface area (Å²) in [5.41, 5.74) is 2.45. The normalized spacial score (nSPS) is 10.5. The van der Waals surface area contributed by atoms with Gasteiger partial charge in [0.1, 0.15) is 0 Å². The topological polar surface area (TPSA) is 123 Å². The fourth-order valence-electron chi connectivity index (χ4n) is 1.91. The molecule has 0 heterocycles. The van der Waals surface area contributed by atoms with Crippen LogP contribution in [0.5, 0.6) is 17.2 Å². The Balaban J connectivity index is 1.94. The molecular formula is C16H14ClN3O6. The van der Waals surface area contributed by atoms with Crippen molar-refractivity contribution in [2.45, 2.75) is 0 Å². The second kappa shape index (κ2) is 8.67. The van der Waals surface area contributed by atoms with Crippen LogP contribution in [0.3, 0.4) is 0 Å². The summed E-state index contributed by atoms with van der Waals surface area (Å²) in [6.45, 7) is -0.456. The minimum atomic E-state index is -0.615. The van der Waals surface area contributed by atoms with E-state index in [0.29, 0.717) is 5.56 Å². The fraction of sp³-hybridized carbons (Fsp3) is 0.125. The van der Waals surface area contributed by atoms with Crippen molar-refractivity contribution in [2.24, 2.45) is 5.10 Å². The van der Waals surface area contributed by atoms with Gasteiger partial charge < -0.3 is 14.6 Å². The summed E-state index contributed by atoms with van der Waals surface area (Å²) < 4.78 is 10.1. The fourth-order valence-corrected chi connectivity index (χ4v) is 2.13. The summed E-state index contributed by atoms with van der Waals surface area (Å²) in [4.78, 5) is 22.0. The second-order valence-corrected chi connectivity index (χ2v) is 5.27. The monoisotopic (exact) mass is 379 g/mol. The summed E-state index contributed by atoms with van der Waals surface area (Å²) >= 11 is 5.84. The molecule has 1 amide bonds. The van der Waals surface area contributed by atoms with E-state index in [1.165, 1.54) is 43.7 Å². The quantitative estimate of drug-likeness (QED) is 0.432. The number of carbonyl (C=O) groups excluding carboxylic acids is 1. The van der Waals surface area contributed by atoms with Crippen molar-refractivity contribution in [3.05, 3.63) is 57.1 Å². The van der Waals surface area contributed by atoms with E-state index in [2.05, 4.69) is 10.5 Å². The maximum atomic E-state index is 11.7. The SMILES string of the molecule is COc1cc(C=NNC(=O)COc2ccccc2[N+](=O)[O-])cc(Cl)c1O. The van der Waals surface area contributed by atoms with Crippen molar-refractivity contribution in [3.8, 4) is 17.2 Å². The van der Waals surface area contributed by atoms with Gasteiger partial charge in [0.25, 0.3) is 5.91 Å². The van der Waals surface area contributed by atoms with Crippen molar-refractivity contribution in [2.75, 3.05) is 13.7 Å². The number of hydrogen-bond donors (Lipinski definition) is 2. The lowest BCUT2D eigenvalue weighted by atomic mass is 10.2. The van der Waals surface area contributed by atoms with E-state index in [1.807, 2.05) is 0 Å². The molecule has 0 bridgehead atoms. The number of nitrogens with one attached hydrogen (secondary N) is 1. The first-order valence-corrected chi connectivity index (χ1v) is 7.54. The zero-order valence-corrected chi connectivity index (χ0v) is 14.3. The van der Waals surface area contributed by atoms with Gasteiger partial charge in [-0.15, -0.1) is 0 Å². The average molecular weight is 380 g/mol. The molecule has 0 aliphatic rings. The van der Waals surface area contributed by atoms with E-state index in [9.17, 15) is 20.0 Å². The number of rotatable bonds is 7. The van der Waals surface area contributed by atoms with Crippen molar-refractivity contribution in [1.82, 2.24) is 5.43 Å². The van der Waals surface area contributed by atoms with Crippen molar-refractivity contribution >= 4 is 29.4 Å². The molecular weight excluding hydrogens is 366 g/mol. The molecule has 0 spiro atoms. The number of carbonyl (C=O) groups is 1. The standard InChI is InChI=1S/C16H14ClN3O6/c1-25-14-7-10(6-11(17)16(14)22)8-18-19-15(21)9-26-13-5-3-2-4-12(13)20(23)24/h2-8,22H,9H2,1H3,(H,19,21). The molecule has 0 saturated carbocycles. The summed E-state index contributed by atoms with van der Waals surface area (Å²) in [7, 11) is 1.37. The van der Waals surface area contributed by atoms with Crippen LogP contribution in [0.15, 0.2) is 41.5 Å². The molecule has 0 radical (unpaired) electrons. The Morgan fingerprint density at radius 3 is 2.81 bits per heavy atom. The summed E-state index contributed by atoms with van der Waals surface area (Å²) in [5, 5.41) is 24.3. The molecule has 0 atom stereocenters. The molecule has 136 valence electrons. The number of benzene rings is 2. The number of hydrazone groups is 1.